The Morgan fingerprint density at radius 3 is 2.92 bits per heavy atom. The van der Waals surface area contributed by atoms with Crippen LogP contribution in [0.25, 0.3) is 0 Å². The lowest BCUT2D eigenvalue weighted by Crippen LogP contribution is -2.55. The molecule has 1 aliphatic rings. The number of nitrogens with one attached hydrogen (secondary N) is 1. The summed E-state index contributed by atoms with van der Waals surface area (Å²) in [4.78, 5) is 3.76. The summed E-state index contributed by atoms with van der Waals surface area (Å²) in [5.41, 5.74) is 1.14. The fourth-order valence-electron chi connectivity index (χ4n) is 1.45. The standard InChI is InChI=1S/C9H15N3S/c1-7-3-9(13-11-7)6-12(2)8-4-10-5-8/h3,8,10H,4-6H2,1-2H3. The van der Waals surface area contributed by atoms with Crippen molar-refractivity contribution in [3.63, 3.8) is 0 Å². The van der Waals surface area contributed by atoms with Gasteiger partial charge in [0.2, 0.25) is 0 Å². The second kappa shape index (κ2) is 3.74. The molecule has 1 aromatic rings. The average Bonchev–Trinajstić information content (AvgIpc) is 2.31. The van der Waals surface area contributed by atoms with Gasteiger partial charge in [-0.05, 0) is 31.6 Å². The van der Waals surface area contributed by atoms with Crippen molar-refractivity contribution in [2.75, 3.05) is 20.1 Å². The average molecular weight is 197 g/mol. The first-order valence-electron chi connectivity index (χ1n) is 4.59. The molecule has 1 aliphatic heterocycles. The Labute approximate surface area is 82.9 Å². The highest BCUT2D eigenvalue weighted by molar-refractivity contribution is 7.05. The molecule has 3 nitrogen and oxygen atoms in total. The molecule has 72 valence electrons. The Bertz CT molecular complexity index is 280. The SMILES string of the molecule is Cc1cc(CN(C)C2CNC2)sn1. The second-order valence-corrected chi connectivity index (χ2v) is 4.55. The van der Waals surface area contributed by atoms with Crippen LogP contribution in [0.5, 0.6) is 0 Å². The minimum Gasteiger partial charge on any atom is -0.314 e. The Morgan fingerprint density at radius 1 is 1.69 bits per heavy atom. The van der Waals surface area contributed by atoms with E-state index in [4.69, 9.17) is 0 Å². The summed E-state index contributed by atoms with van der Waals surface area (Å²) in [6.07, 6.45) is 0. The van der Waals surface area contributed by atoms with E-state index in [0.29, 0.717) is 0 Å². The Kier molecular flexibility index (Phi) is 2.62. The van der Waals surface area contributed by atoms with Crippen molar-refractivity contribution in [2.45, 2.75) is 19.5 Å². The van der Waals surface area contributed by atoms with Crippen LogP contribution in [0.15, 0.2) is 6.07 Å². The van der Waals surface area contributed by atoms with Gasteiger partial charge in [-0.25, -0.2) is 0 Å². The molecule has 1 fully saturated rings. The van der Waals surface area contributed by atoms with Crippen molar-refractivity contribution in [3.8, 4) is 0 Å². The quantitative estimate of drug-likeness (QED) is 0.779. The van der Waals surface area contributed by atoms with Gasteiger partial charge in [0.1, 0.15) is 0 Å². The lowest BCUT2D eigenvalue weighted by Gasteiger charge is -2.35. The largest absolute Gasteiger partial charge is 0.314 e. The smallest absolute Gasteiger partial charge is 0.0514 e. The predicted molar refractivity (Wildman–Crippen MR) is 55.0 cm³/mol. The van der Waals surface area contributed by atoms with Gasteiger partial charge in [0.05, 0.1) is 5.69 Å². The van der Waals surface area contributed by atoms with Crippen LogP contribution in [0.3, 0.4) is 0 Å². The zero-order chi connectivity index (χ0) is 9.26. The Hall–Kier alpha value is -0.450. The zero-order valence-corrected chi connectivity index (χ0v) is 8.90. The van der Waals surface area contributed by atoms with E-state index in [9.17, 15) is 0 Å². The highest BCUT2D eigenvalue weighted by atomic mass is 32.1. The predicted octanol–water partition coefficient (Wildman–Crippen LogP) is 0.855. The van der Waals surface area contributed by atoms with Gasteiger partial charge in [0, 0.05) is 30.6 Å². The van der Waals surface area contributed by atoms with Gasteiger partial charge < -0.3 is 5.32 Å². The molecule has 13 heavy (non-hydrogen) atoms. The van der Waals surface area contributed by atoms with Gasteiger partial charge in [-0.15, -0.1) is 0 Å². The van der Waals surface area contributed by atoms with E-state index in [2.05, 4.69) is 27.7 Å². The first kappa shape index (κ1) is 9.12. The molecular formula is C9H15N3S. The van der Waals surface area contributed by atoms with Gasteiger partial charge in [-0.3, -0.25) is 4.90 Å². The number of rotatable bonds is 3. The van der Waals surface area contributed by atoms with E-state index < -0.39 is 0 Å². The van der Waals surface area contributed by atoms with Crippen LogP contribution >= 0.6 is 11.5 Å². The molecule has 0 unspecified atom stereocenters. The summed E-state index contributed by atoms with van der Waals surface area (Å²) in [7, 11) is 2.18. The normalized spacial score (nSPS) is 17.8. The Morgan fingerprint density at radius 2 is 2.46 bits per heavy atom. The molecule has 4 heteroatoms. The van der Waals surface area contributed by atoms with E-state index in [-0.39, 0.29) is 0 Å². The number of aromatic nitrogens is 1. The van der Waals surface area contributed by atoms with Gasteiger partial charge >= 0.3 is 0 Å². The zero-order valence-electron chi connectivity index (χ0n) is 8.08. The van der Waals surface area contributed by atoms with Crippen LogP contribution in [0.4, 0.5) is 0 Å². The van der Waals surface area contributed by atoms with E-state index >= 15 is 0 Å². The number of aryl methyl sites for hydroxylation is 1. The molecule has 0 saturated carbocycles. The molecule has 2 rings (SSSR count). The fraction of sp³-hybridized carbons (Fsp3) is 0.667. The maximum Gasteiger partial charge on any atom is 0.0514 e. The van der Waals surface area contributed by atoms with Crippen LogP contribution in [0.1, 0.15) is 10.6 Å². The summed E-state index contributed by atoms with van der Waals surface area (Å²) in [6, 6.07) is 2.90. The van der Waals surface area contributed by atoms with Crippen molar-refractivity contribution in [1.29, 1.82) is 0 Å². The van der Waals surface area contributed by atoms with E-state index in [1.165, 1.54) is 4.88 Å². The molecule has 1 saturated heterocycles. The highest BCUT2D eigenvalue weighted by Crippen LogP contribution is 2.13. The number of hydrogen-bond donors (Lipinski definition) is 1. The molecule has 0 bridgehead atoms. The van der Waals surface area contributed by atoms with Gasteiger partial charge in [-0.1, -0.05) is 0 Å². The summed E-state index contributed by atoms with van der Waals surface area (Å²) >= 11 is 1.62. The third-order valence-corrected chi connectivity index (χ3v) is 3.33. The molecule has 2 heterocycles. The molecule has 0 aliphatic carbocycles. The summed E-state index contributed by atoms with van der Waals surface area (Å²) in [5, 5.41) is 3.28. The van der Waals surface area contributed by atoms with Crippen molar-refractivity contribution >= 4 is 11.5 Å². The molecule has 0 radical (unpaired) electrons. The third kappa shape index (κ3) is 2.07. The first-order chi connectivity index (χ1) is 6.25. The van der Waals surface area contributed by atoms with E-state index in [1.54, 1.807) is 11.5 Å². The van der Waals surface area contributed by atoms with Crippen LogP contribution < -0.4 is 5.32 Å². The van der Waals surface area contributed by atoms with Crippen molar-refractivity contribution in [1.82, 2.24) is 14.6 Å². The number of nitrogens with zero attached hydrogens (tertiary/aromatic N) is 2. The molecule has 0 aromatic carbocycles. The summed E-state index contributed by atoms with van der Waals surface area (Å²) in [6.45, 7) is 5.35. The van der Waals surface area contributed by atoms with Crippen LogP contribution in [0.2, 0.25) is 0 Å². The van der Waals surface area contributed by atoms with Gasteiger partial charge in [0.25, 0.3) is 0 Å². The van der Waals surface area contributed by atoms with Crippen LogP contribution in [-0.4, -0.2) is 35.5 Å². The minimum atomic E-state index is 0.724. The highest BCUT2D eigenvalue weighted by Gasteiger charge is 2.21. The van der Waals surface area contributed by atoms with Crippen molar-refractivity contribution < 1.29 is 0 Å². The fourth-order valence-corrected chi connectivity index (χ4v) is 2.25. The van der Waals surface area contributed by atoms with E-state index in [0.717, 1.165) is 31.4 Å². The van der Waals surface area contributed by atoms with Gasteiger partial charge in [0.15, 0.2) is 0 Å². The lowest BCUT2D eigenvalue weighted by molar-refractivity contribution is 0.174. The first-order valence-corrected chi connectivity index (χ1v) is 5.36. The monoisotopic (exact) mass is 197 g/mol. The molecule has 1 N–H and O–H groups in total. The summed E-state index contributed by atoms with van der Waals surface area (Å²) in [5.74, 6) is 0. The Balaban J connectivity index is 1.89. The van der Waals surface area contributed by atoms with E-state index in [1.807, 2.05) is 6.92 Å². The molecule has 0 atom stereocenters. The maximum atomic E-state index is 4.27. The molecule has 1 aromatic heterocycles. The van der Waals surface area contributed by atoms with Crippen LogP contribution in [-0.2, 0) is 6.54 Å². The number of likely N-dealkylation sites (N-methyl/N-ethyl adjacent to an activating group) is 1. The second-order valence-electron chi connectivity index (χ2n) is 3.66. The van der Waals surface area contributed by atoms with Gasteiger partial charge in [-0.2, -0.15) is 4.37 Å². The maximum absolute atomic E-state index is 4.27. The third-order valence-electron chi connectivity index (χ3n) is 2.47. The topological polar surface area (TPSA) is 28.2 Å². The summed E-state index contributed by atoms with van der Waals surface area (Å²) < 4.78 is 4.27. The molecule has 0 spiro atoms. The van der Waals surface area contributed by atoms with Crippen molar-refractivity contribution in [3.05, 3.63) is 16.6 Å². The molecular weight excluding hydrogens is 182 g/mol. The van der Waals surface area contributed by atoms with Crippen molar-refractivity contribution in [2.24, 2.45) is 0 Å². The van der Waals surface area contributed by atoms with Crippen LogP contribution in [0, 0.1) is 6.92 Å². The minimum absolute atomic E-state index is 0.724. The molecule has 0 amide bonds. The number of hydrogen-bond acceptors (Lipinski definition) is 4. The lowest BCUT2D eigenvalue weighted by atomic mass is 10.1.